The van der Waals surface area contributed by atoms with Crippen molar-refractivity contribution >= 4 is 22.7 Å². The second kappa shape index (κ2) is 5.60. The predicted octanol–water partition coefficient (Wildman–Crippen LogP) is 2.04. The van der Waals surface area contributed by atoms with Crippen LogP contribution in [0.5, 0.6) is 0 Å². The minimum absolute atomic E-state index is 0.00528. The normalized spacial score (nSPS) is 15.4. The molecule has 1 aromatic carbocycles. The smallest absolute Gasteiger partial charge is 0.254 e. The Bertz CT molecular complexity index is 671. The quantitative estimate of drug-likeness (QED) is 0.901. The van der Waals surface area contributed by atoms with Crippen molar-refractivity contribution in [1.82, 2.24) is 9.88 Å². The number of aromatic nitrogens is 1. The number of H-pyrrole nitrogens is 1. The Morgan fingerprint density at radius 3 is 2.71 bits per heavy atom. The molecule has 0 aliphatic heterocycles. The maximum absolute atomic E-state index is 12.7. The Kier molecular flexibility index (Phi) is 3.64. The maximum atomic E-state index is 12.7. The first-order chi connectivity index (χ1) is 10.1. The summed E-state index contributed by atoms with van der Waals surface area (Å²) in [4.78, 5) is 28.8. The molecule has 0 saturated heterocycles. The van der Waals surface area contributed by atoms with Crippen LogP contribution in [0.1, 0.15) is 36.0 Å². The molecule has 3 rings (SSSR count). The lowest BCUT2D eigenvalue weighted by atomic mass is 10.1. The van der Waals surface area contributed by atoms with E-state index in [1.165, 1.54) is 0 Å². The number of carbonyl (C=O) groups excluding carboxylic acids is 2. The molecule has 2 aromatic rings. The molecule has 1 heterocycles. The van der Waals surface area contributed by atoms with Gasteiger partial charge in [-0.2, -0.15) is 0 Å². The summed E-state index contributed by atoms with van der Waals surface area (Å²) in [6.45, 7) is -0.00528. The molecule has 3 N–H and O–H groups in total. The van der Waals surface area contributed by atoms with Crippen molar-refractivity contribution in [2.24, 2.45) is 5.73 Å². The van der Waals surface area contributed by atoms with Gasteiger partial charge in [0, 0.05) is 28.7 Å². The summed E-state index contributed by atoms with van der Waals surface area (Å²) in [6.07, 6.45) is 5.95. The number of nitrogens with one attached hydrogen (secondary N) is 1. The first kappa shape index (κ1) is 13.7. The molecule has 1 aliphatic rings. The molecular weight excluding hydrogens is 266 g/mol. The van der Waals surface area contributed by atoms with Gasteiger partial charge in [-0.15, -0.1) is 0 Å². The fourth-order valence-electron chi connectivity index (χ4n) is 3.10. The number of carbonyl (C=O) groups is 2. The van der Waals surface area contributed by atoms with Crippen LogP contribution in [-0.4, -0.2) is 34.3 Å². The van der Waals surface area contributed by atoms with E-state index < -0.39 is 5.91 Å². The molecular formula is C16H19N3O2. The van der Waals surface area contributed by atoms with Crippen molar-refractivity contribution in [2.75, 3.05) is 6.54 Å². The summed E-state index contributed by atoms with van der Waals surface area (Å²) in [5.41, 5.74) is 6.91. The third-order valence-electron chi connectivity index (χ3n) is 4.15. The van der Waals surface area contributed by atoms with E-state index in [1.807, 2.05) is 24.4 Å². The van der Waals surface area contributed by atoms with E-state index in [9.17, 15) is 9.59 Å². The van der Waals surface area contributed by atoms with Crippen molar-refractivity contribution in [3.63, 3.8) is 0 Å². The van der Waals surface area contributed by atoms with Gasteiger partial charge in [0.1, 0.15) is 0 Å². The van der Waals surface area contributed by atoms with Crippen LogP contribution in [0.3, 0.4) is 0 Å². The van der Waals surface area contributed by atoms with E-state index in [0.717, 1.165) is 36.6 Å². The molecule has 21 heavy (non-hydrogen) atoms. The van der Waals surface area contributed by atoms with Crippen LogP contribution in [-0.2, 0) is 4.79 Å². The van der Waals surface area contributed by atoms with Gasteiger partial charge in [-0.3, -0.25) is 9.59 Å². The van der Waals surface area contributed by atoms with Gasteiger partial charge < -0.3 is 15.6 Å². The van der Waals surface area contributed by atoms with Crippen LogP contribution >= 0.6 is 0 Å². The number of aromatic amines is 1. The standard InChI is InChI=1S/C16H19N3O2/c17-15(20)10-19(13-3-1-2-4-13)16(21)12-5-6-14-11(9-12)7-8-18-14/h5-9,13,18H,1-4,10H2,(H2,17,20). The molecule has 1 fully saturated rings. The van der Waals surface area contributed by atoms with Crippen LogP contribution in [0.2, 0.25) is 0 Å². The second-order valence-electron chi connectivity index (χ2n) is 5.62. The highest BCUT2D eigenvalue weighted by Gasteiger charge is 2.28. The SMILES string of the molecule is NC(=O)CN(C(=O)c1ccc2[nH]ccc2c1)C1CCCC1. The van der Waals surface area contributed by atoms with Gasteiger partial charge in [0.05, 0.1) is 6.54 Å². The average Bonchev–Trinajstić information content (AvgIpc) is 3.13. The third kappa shape index (κ3) is 2.77. The van der Waals surface area contributed by atoms with Crippen LogP contribution in [0.25, 0.3) is 10.9 Å². The van der Waals surface area contributed by atoms with Gasteiger partial charge in [0.15, 0.2) is 0 Å². The van der Waals surface area contributed by atoms with Gasteiger partial charge in [-0.05, 0) is 37.1 Å². The lowest BCUT2D eigenvalue weighted by Crippen LogP contribution is -2.44. The first-order valence-electron chi connectivity index (χ1n) is 7.31. The number of hydrogen-bond acceptors (Lipinski definition) is 2. The van der Waals surface area contributed by atoms with E-state index >= 15 is 0 Å². The molecule has 1 saturated carbocycles. The lowest BCUT2D eigenvalue weighted by Gasteiger charge is -2.27. The zero-order chi connectivity index (χ0) is 14.8. The summed E-state index contributed by atoms with van der Waals surface area (Å²) < 4.78 is 0. The number of nitrogens with two attached hydrogens (primary N) is 1. The van der Waals surface area contributed by atoms with Crippen molar-refractivity contribution < 1.29 is 9.59 Å². The average molecular weight is 285 g/mol. The second-order valence-corrected chi connectivity index (χ2v) is 5.62. The van der Waals surface area contributed by atoms with E-state index in [1.54, 1.807) is 11.0 Å². The summed E-state index contributed by atoms with van der Waals surface area (Å²) in [7, 11) is 0. The van der Waals surface area contributed by atoms with Crippen molar-refractivity contribution in [1.29, 1.82) is 0 Å². The van der Waals surface area contributed by atoms with Crippen LogP contribution in [0.4, 0.5) is 0 Å². The zero-order valence-electron chi connectivity index (χ0n) is 11.8. The molecule has 110 valence electrons. The predicted molar refractivity (Wildman–Crippen MR) is 80.8 cm³/mol. The highest BCUT2D eigenvalue weighted by molar-refractivity contribution is 5.99. The number of rotatable bonds is 4. The Balaban J connectivity index is 1.89. The molecule has 0 spiro atoms. The minimum atomic E-state index is -0.460. The molecule has 0 unspecified atom stereocenters. The molecule has 5 heteroatoms. The van der Waals surface area contributed by atoms with Gasteiger partial charge in [0.2, 0.25) is 5.91 Å². The third-order valence-corrected chi connectivity index (χ3v) is 4.15. The van der Waals surface area contributed by atoms with Gasteiger partial charge in [-0.25, -0.2) is 0 Å². The molecule has 0 atom stereocenters. The van der Waals surface area contributed by atoms with Gasteiger partial charge >= 0.3 is 0 Å². The Labute approximate surface area is 123 Å². The fraction of sp³-hybridized carbons (Fsp3) is 0.375. The Morgan fingerprint density at radius 1 is 1.24 bits per heavy atom. The van der Waals surface area contributed by atoms with Crippen molar-refractivity contribution in [3.05, 3.63) is 36.0 Å². The zero-order valence-corrected chi connectivity index (χ0v) is 11.8. The molecule has 1 aliphatic carbocycles. The Hall–Kier alpha value is -2.30. The fourth-order valence-corrected chi connectivity index (χ4v) is 3.10. The van der Waals surface area contributed by atoms with Gasteiger partial charge in [-0.1, -0.05) is 12.8 Å². The van der Waals surface area contributed by atoms with Crippen molar-refractivity contribution in [2.45, 2.75) is 31.7 Å². The summed E-state index contributed by atoms with van der Waals surface area (Å²) >= 11 is 0. The molecule has 1 aromatic heterocycles. The van der Waals surface area contributed by atoms with Crippen LogP contribution < -0.4 is 5.73 Å². The molecule has 2 amide bonds. The van der Waals surface area contributed by atoms with Crippen molar-refractivity contribution in [3.8, 4) is 0 Å². The number of fused-ring (bicyclic) bond motifs is 1. The van der Waals surface area contributed by atoms with Crippen LogP contribution in [0.15, 0.2) is 30.5 Å². The lowest BCUT2D eigenvalue weighted by molar-refractivity contribution is -0.119. The minimum Gasteiger partial charge on any atom is -0.368 e. The topological polar surface area (TPSA) is 79.2 Å². The van der Waals surface area contributed by atoms with Gasteiger partial charge in [0.25, 0.3) is 5.91 Å². The molecule has 0 radical (unpaired) electrons. The summed E-state index contributed by atoms with van der Waals surface area (Å²) in [5.74, 6) is -0.568. The highest BCUT2D eigenvalue weighted by atomic mass is 16.2. The number of amides is 2. The van der Waals surface area contributed by atoms with E-state index in [2.05, 4.69) is 4.98 Å². The number of nitrogens with zero attached hydrogens (tertiary/aromatic N) is 1. The van der Waals surface area contributed by atoms with E-state index in [0.29, 0.717) is 5.56 Å². The van der Waals surface area contributed by atoms with E-state index in [4.69, 9.17) is 5.73 Å². The molecule has 0 bridgehead atoms. The number of benzene rings is 1. The maximum Gasteiger partial charge on any atom is 0.254 e. The molecule has 5 nitrogen and oxygen atoms in total. The summed E-state index contributed by atoms with van der Waals surface area (Å²) in [6, 6.07) is 7.60. The summed E-state index contributed by atoms with van der Waals surface area (Å²) in [5, 5.41) is 0.992. The Morgan fingerprint density at radius 2 is 2.00 bits per heavy atom. The van der Waals surface area contributed by atoms with Crippen LogP contribution in [0, 0.1) is 0 Å². The van der Waals surface area contributed by atoms with E-state index in [-0.39, 0.29) is 18.5 Å². The monoisotopic (exact) mass is 285 g/mol. The highest BCUT2D eigenvalue weighted by Crippen LogP contribution is 2.25. The first-order valence-corrected chi connectivity index (χ1v) is 7.31. The number of primary amides is 1. The number of hydrogen-bond donors (Lipinski definition) is 2. The largest absolute Gasteiger partial charge is 0.368 e.